The first-order valence-electron chi connectivity index (χ1n) is 18.2. The van der Waals surface area contributed by atoms with Gasteiger partial charge in [-0.15, -0.1) is 0 Å². The Kier molecular flexibility index (Phi) is 8.82. The van der Waals surface area contributed by atoms with Gasteiger partial charge in [-0.3, -0.25) is 14.8 Å². The van der Waals surface area contributed by atoms with E-state index in [1.807, 2.05) is 24.3 Å². The lowest BCUT2D eigenvalue weighted by atomic mass is 9.98. The Morgan fingerprint density at radius 1 is 1.11 bits per heavy atom. The molecule has 2 aromatic heterocycles. The second-order valence-corrected chi connectivity index (χ2v) is 14.9. The molecule has 3 aliphatic heterocycles. The van der Waals surface area contributed by atoms with E-state index in [9.17, 15) is 22.4 Å². The fraction of sp³-hybridized carbons (Fsp3) is 0.293. The number of benzene rings is 4. The average molecular weight is 787 g/mol. The molecule has 0 saturated carbocycles. The van der Waals surface area contributed by atoms with Crippen LogP contribution < -0.4 is 14.8 Å². The number of aromatic nitrogens is 4. The number of imidazole rings is 1. The first-order chi connectivity index (χ1) is 26.8. The molecule has 0 spiro atoms. The standard InChI is InChI=1S/C41H35ClF4N6O4/c1-22-16-26(19-29-36(22)49-50-38(29)41(44,45)46)47-39(53)24-6-9-33-32(17-24)48-35(52(33)20-27-12-15-54-27)21-51-13-10-23(11-14-51)28-4-3-5-34-37(28)56-40(2,55-34)30-8-7-25(42)18-31(30)43/h3-10,16-19,27H,11-15,20-21H2,1-2H3,(H,47,53)(H,49,50)/t27-,40?/m0/s1. The minimum Gasteiger partial charge on any atom is -0.444 e. The maximum Gasteiger partial charge on any atom is 0.433 e. The Labute approximate surface area is 323 Å². The summed E-state index contributed by atoms with van der Waals surface area (Å²) in [5, 5.41) is 8.82. The van der Waals surface area contributed by atoms with Crippen LogP contribution >= 0.6 is 11.6 Å². The third kappa shape index (κ3) is 6.54. The van der Waals surface area contributed by atoms with Crippen LogP contribution in [0, 0.1) is 12.7 Å². The third-order valence-electron chi connectivity index (χ3n) is 10.7. The summed E-state index contributed by atoms with van der Waals surface area (Å²) in [4.78, 5) is 20.7. The maximum absolute atomic E-state index is 14.9. The van der Waals surface area contributed by atoms with Crippen LogP contribution in [0.1, 0.15) is 58.3 Å². The maximum atomic E-state index is 14.9. The number of aryl methyl sites for hydroxylation is 1. The van der Waals surface area contributed by atoms with Crippen LogP contribution in [0.2, 0.25) is 5.02 Å². The predicted octanol–water partition coefficient (Wildman–Crippen LogP) is 9.01. The van der Waals surface area contributed by atoms with E-state index < -0.39 is 29.4 Å². The van der Waals surface area contributed by atoms with Crippen molar-refractivity contribution in [2.45, 2.75) is 57.8 Å². The molecule has 1 saturated heterocycles. The molecule has 10 nitrogen and oxygen atoms in total. The number of carbonyl (C=O) groups is 1. The Morgan fingerprint density at radius 3 is 2.68 bits per heavy atom. The molecule has 0 aliphatic carbocycles. The van der Waals surface area contributed by atoms with Crippen molar-refractivity contribution < 1.29 is 36.6 Å². The van der Waals surface area contributed by atoms with E-state index in [0.717, 1.165) is 41.9 Å². The highest BCUT2D eigenvalue weighted by molar-refractivity contribution is 6.30. The summed E-state index contributed by atoms with van der Waals surface area (Å²) in [6, 6.07) is 18.2. The van der Waals surface area contributed by atoms with E-state index in [0.29, 0.717) is 54.4 Å². The molecule has 56 heavy (non-hydrogen) atoms. The molecule has 3 aliphatic rings. The third-order valence-corrected chi connectivity index (χ3v) is 10.9. The van der Waals surface area contributed by atoms with Gasteiger partial charge in [-0.2, -0.15) is 18.3 Å². The molecule has 2 N–H and O–H groups in total. The minimum absolute atomic E-state index is 0.0547. The number of alkyl halides is 3. The van der Waals surface area contributed by atoms with Crippen molar-refractivity contribution in [2.24, 2.45) is 0 Å². The number of carbonyl (C=O) groups excluding carboxylic acids is 1. The minimum atomic E-state index is -4.63. The van der Waals surface area contributed by atoms with Gasteiger partial charge >= 0.3 is 6.18 Å². The van der Waals surface area contributed by atoms with E-state index in [-0.39, 0.29) is 33.3 Å². The molecule has 0 bridgehead atoms. The molecule has 15 heteroatoms. The molecule has 1 unspecified atom stereocenters. The lowest BCUT2D eigenvalue weighted by Gasteiger charge is -2.29. The quantitative estimate of drug-likeness (QED) is 0.148. The van der Waals surface area contributed by atoms with Crippen LogP contribution in [0.5, 0.6) is 11.5 Å². The van der Waals surface area contributed by atoms with Gasteiger partial charge in [0.25, 0.3) is 11.7 Å². The highest BCUT2D eigenvalue weighted by Gasteiger charge is 2.42. The SMILES string of the molecule is Cc1cc(NC(=O)c2ccc3c(c2)nc(CN2CC=C(c4cccc5c4OC(C)(c4ccc(Cl)cc4F)O5)CC2)n3C[C@@H]2CCO2)cc2c(C(F)(F)F)[nH]nc12. The highest BCUT2D eigenvalue weighted by Crippen LogP contribution is 2.49. The average Bonchev–Trinajstić information content (AvgIpc) is 3.83. The lowest BCUT2D eigenvalue weighted by molar-refractivity contribution is -0.139. The van der Waals surface area contributed by atoms with Crippen molar-refractivity contribution in [1.82, 2.24) is 24.6 Å². The van der Waals surface area contributed by atoms with Crippen LogP contribution in [-0.4, -0.2) is 56.4 Å². The first-order valence-corrected chi connectivity index (χ1v) is 18.6. The van der Waals surface area contributed by atoms with E-state index in [4.69, 9.17) is 30.8 Å². The lowest BCUT2D eigenvalue weighted by Crippen LogP contribution is -2.33. The van der Waals surface area contributed by atoms with Gasteiger partial charge in [0.05, 0.1) is 41.3 Å². The van der Waals surface area contributed by atoms with Gasteiger partial charge in [0.15, 0.2) is 11.5 Å². The number of nitrogens with zero attached hydrogens (tertiary/aromatic N) is 4. The van der Waals surface area contributed by atoms with Crippen LogP contribution in [0.25, 0.3) is 27.5 Å². The monoisotopic (exact) mass is 786 g/mol. The Bertz CT molecular complexity index is 2580. The number of hydrogen-bond acceptors (Lipinski definition) is 7. The second-order valence-electron chi connectivity index (χ2n) is 14.5. The summed E-state index contributed by atoms with van der Waals surface area (Å²) in [5.74, 6) is -0.423. The van der Waals surface area contributed by atoms with E-state index in [1.165, 1.54) is 12.1 Å². The number of halogens is 5. The molecule has 9 rings (SSSR count). The number of rotatable bonds is 8. The zero-order valence-electron chi connectivity index (χ0n) is 30.3. The number of amides is 1. The van der Waals surface area contributed by atoms with Crippen molar-refractivity contribution in [1.29, 1.82) is 0 Å². The van der Waals surface area contributed by atoms with Gasteiger partial charge in [0.2, 0.25) is 0 Å². The number of ether oxygens (including phenoxy) is 3. The van der Waals surface area contributed by atoms with Crippen LogP contribution in [0.4, 0.5) is 23.2 Å². The number of aromatic amines is 1. The zero-order chi connectivity index (χ0) is 38.9. The molecule has 1 amide bonds. The summed E-state index contributed by atoms with van der Waals surface area (Å²) in [6.45, 7) is 6.55. The van der Waals surface area contributed by atoms with Gasteiger partial charge in [-0.1, -0.05) is 29.8 Å². The van der Waals surface area contributed by atoms with Crippen LogP contribution in [0.3, 0.4) is 0 Å². The van der Waals surface area contributed by atoms with Gasteiger partial charge in [-0.05, 0) is 85.5 Å². The molecule has 5 heterocycles. The number of hydrogen-bond donors (Lipinski definition) is 2. The number of fused-ring (bicyclic) bond motifs is 3. The second kappa shape index (κ2) is 13.6. The van der Waals surface area contributed by atoms with E-state index >= 15 is 0 Å². The van der Waals surface area contributed by atoms with Crippen molar-refractivity contribution in [2.75, 3.05) is 25.0 Å². The number of para-hydroxylation sites is 1. The molecular formula is C41H35ClF4N6O4. The van der Waals surface area contributed by atoms with Crippen molar-refractivity contribution in [3.63, 3.8) is 0 Å². The summed E-state index contributed by atoms with van der Waals surface area (Å²) in [7, 11) is 0. The fourth-order valence-corrected chi connectivity index (χ4v) is 7.87. The van der Waals surface area contributed by atoms with Crippen molar-refractivity contribution in [3.8, 4) is 11.5 Å². The van der Waals surface area contributed by atoms with Gasteiger partial charge in [0.1, 0.15) is 17.3 Å². The van der Waals surface area contributed by atoms with Crippen molar-refractivity contribution >= 4 is 50.7 Å². The smallest absolute Gasteiger partial charge is 0.433 e. The van der Waals surface area contributed by atoms with Gasteiger partial charge in [-0.25, -0.2) is 9.37 Å². The fourth-order valence-electron chi connectivity index (χ4n) is 7.71. The molecule has 288 valence electrons. The molecular weight excluding hydrogens is 752 g/mol. The molecule has 6 aromatic rings. The largest absolute Gasteiger partial charge is 0.444 e. The van der Waals surface area contributed by atoms with E-state index in [1.54, 1.807) is 44.2 Å². The van der Waals surface area contributed by atoms with Crippen molar-refractivity contribution in [3.05, 3.63) is 117 Å². The van der Waals surface area contributed by atoms with E-state index in [2.05, 4.69) is 31.1 Å². The number of nitrogens with one attached hydrogen (secondary N) is 2. The summed E-state index contributed by atoms with van der Waals surface area (Å²) in [6.07, 6.45) is -0.760. The van der Waals surface area contributed by atoms with Gasteiger partial charge in [0, 0.05) is 53.8 Å². The molecule has 2 atom stereocenters. The highest BCUT2D eigenvalue weighted by atomic mass is 35.5. The first kappa shape index (κ1) is 36.2. The van der Waals surface area contributed by atoms with Crippen LogP contribution in [-0.2, 0) is 29.8 Å². The molecule has 4 aromatic carbocycles. The normalized spacial score (nSPS) is 19.7. The number of H-pyrrole nitrogens is 1. The molecule has 1 fully saturated rings. The zero-order valence-corrected chi connectivity index (χ0v) is 31.0. The predicted molar refractivity (Wildman–Crippen MR) is 202 cm³/mol. The summed E-state index contributed by atoms with van der Waals surface area (Å²) >= 11 is 5.99. The number of anilines is 1. The Morgan fingerprint density at radius 2 is 1.95 bits per heavy atom. The Hall–Kier alpha value is -5.44. The Balaban J connectivity index is 0.941. The summed E-state index contributed by atoms with van der Waals surface area (Å²) < 4.78 is 76.2. The van der Waals surface area contributed by atoms with Crippen LogP contribution in [0.15, 0.2) is 72.8 Å². The van der Waals surface area contributed by atoms with Gasteiger partial charge < -0.3 is 24.1 Å². The molecule has 0 radical (unpaired) electrons. The summed E-state index contributed by atoms with van der Waals surface area (Å²) in [5.41, 5.74) is 3.96. The topological polar surface area (TPSA) is 107 Å².